The lowest BCUT2D eigenvalue weighted by atomic mass is 9.99. The molecule has 0 unspecified atom stereocenters. The Labute approximate surface area is 253 Å². The molecule has 230 valence electrons. The molecule has 5 aromatic rings. The first kappa shape index (κ1) is 30.1. The van der Waals surface area contributed by atoms with Crippen molar-refractivity contribution in [1.29, 1.82) is 0 Å². The minimum Gasteiger partial charge on any atom is -0.493 e. The molecule has 0 aliphatic heterocycles. The molecule has 0 bridgehead atoms. The maximum Gasteiger partial charge on any atom is 0.361 e. The van der Waals surface area contributed by atoms with Gasteiger partial charge in [0.2, 0.25) is 0 Å². The normalized spacial score (nSPS) is 11.0. The Kier molecular flexibility index (Phi) is 8.57. The summed E-state index contributed by atoms with van der Waals surface area (Å²) in [6, 6.07) is 14.2. The first-order chi connectivity index (χ1) is 21.3. The van der Waals surface area contributed by atoms with Gasteiger partial charge in [-0.25, -0.2) is 9.59 Å². The maximum absolute atomic E-state index is 13.8. The molecular formula is C33H33NO10. The second-order valence-corrected chi connectivity index (χ2v) is 9.69. The molecule has 5 rings (SSSR count). The lowest BCUT2D eigenvalue weighted by molar-refractivity contribution is 0.0590. The van der Waals surface area contributed by atoms with Crippen LogP contribution in [-0.4, -0.2) is 60.3 Å². The first-order valence-corrected chi connectivity index (χ1v) is 13.6. The van der Waals surface area contributed by atoms with Crippen molar-refractivity contribution in [2.24, 2.45) is 0 Å². The van der Waals surface area contributed by atoms with Crippen LogP contribution in [-0.2, 0) is 17.7 Å². The van der Waals surface area contributed by atoms with Crippen molar-refractivity contribution >= 4 is 27.8 Å². The monoisotopic (exact) mass is 603 g/mol. The van der Waals surface area contributed by atoms with E-state index in [1.165, 1.54) is 35.5 Å². The molecule has 11 nitrogen and oxygen atoms in total. The molecule has 2 heterocycles. The number of carbonyl (C=O) groups excluding carboxylic acids is 1. The zero-order chi connectivity index (χ0) is 31.5. The number of ether oxygens (including phenoxy) is 7. The van der Waals surface area contributed by atoms with Gasteiger partial charge in [0.05, 0.1) is 49.8 Å². The van der Waals surface area contributed by atoms with Gasteiger partial charge in [-0.3, -0.25) is 0 Å². The van der Waals surface area contributed by atoms with Crippen LogP contribution in [0.5, 0.6) is 34.5 Å². The van der Waals surface area contributed by atoms with Crippen molar-refractivity contribution in [1.82, 2.24) is 4.57 Å². The van der Waals surface area contributed by atoms with Crippen LogP contribution in [0.25, 0.3) is 33.0 Å². The van der Waals surface area contributed by atoms with Gasteiger partial charge >= 0.3 is 11.6 Å². The molecule has 0 N–H and O–H groups in total. The molecule has 0 radical (unpaired) electrons. The van der Waals surface area contributed by atoms with Crippen LogP contribution in [0.3, 0.4) is 0 Å². The Bertz CT molecular complexity index is 1920. The van der Waals surface area contributed by atoms with Gasteiger partial charge in [-0.15, -0.1) is 0 Å². The van der Waals surface area contributed by atoms with E-state index in [1.807, 2.05) is 12.1 Å². The Morgan fingerprint density at radius 3 is 1.89 bits per heavy atom. The van der Waals surface area contributed by atoms with Crippen molar-refractivity contribution in [2.45, 2.75) is 13.0 Å². The molecule has 0 saturated heterocycles. The van der Waals surface area contributed by atoms with Crippen LogP contribution in [0.15, 0.2) is 57.7 Å². The molecule has 3 aromatic carbocycles. The van der Waals surface area contributed by atoms with E-state index in [0.717, 1.165) is 5.56 Å². The Morgan fingerprint density at radius 2 is 1.27 bits per heavy atom. The van der Waals surface area contributed by atoms with Crippen molar-refractivity contribution in [3.8, 4) is 45.6 Å². The minimum atomic E-state index is -0.635. The molecule has 0 fully saturated rings. The van der Waals surface area contributed by atoms with Crippen LogP contribution in [0.2, 0.25) is 0 Å². The molecule has 0 amide bonds. The Balaban J connectivity index is 1.87. The number of methoxy groups -OCH3 is 7. The van der Waals surface area contributed by atoms with Gasteiger partial charge in [0.15, 0.2) is 34.5 Å². The van der Waals surface area contributed by atoms with Crippen LogP contribution < -0.4 is 34.0 Å². The summed E-state index contributed by atoms with van der Waals surface area (Å²) >= 11 is 0. The number of rotatable bonds is 11. The van der Waals surface area contributed by atoms with Crippen molar-refractivity contribution < 1.29 is 42.4 Å². The van der Waals surface area contributed by atoms with E-state index in [9.17, 15) is 9.59 Å². The number of aryl methyl sites for hydroxylation is 2. The number of carbonyl (C=O) groups is 1. The smallest absolute Gasteiger partial charge is 0.361 e. The summed E-state index contributed by atoms with van der Waals surface area (Å²) in [7, 11) is 10.5. The average molecular weight is 604 g/mol. The van der Waals surface area contributed by atoms with Gasteiger partial charge < -0.3 is 42.1 Å². The van der Waals surface area contributed by atoms with E-state index < -0.39 is 11.6 Å². The summed E-state index contributed by atoms with van der Waals surface area (Å²) in [6.07, 6.45) is 0.433. The van der Waals surface area contributed by atoms with Crippen LogP contribution >= 0.6 is 0 Å². The number of benzene rings is 3. The third-order valence-electron chi connectivity index (χ3n) is 7.54. The lowest BCUT2D eigenvalue weighted by Gasteiger charge is -2.13. The predicted molar refractivity (Wildman–Crippen MR) is 164 cm³/mol. The molecule has 0 aliphatic rings. The predicted octanol–water partition coefficient (Wildman–Crippen LogP) is 5.50. The summed E-state index contributed by atoms with van der Waals surface area (Å²) in [5.74, 6) is 2.27. The molecule has 0 saturated carbocycles. The number of fused-ring (bicyclic) bond motifs is 3. The highest BCUT2D eigenvalue weighted by molar-refractivity contribution is 6.18. The number of hydrogen-bond donors (Lipinski definition) is 0. The fourth-order valence-corrected chi connectivity index (χ4v) is 5.46. The Hall–Kier alpha value is -5.32. The van der Waals surface area contributed by atoms with Crippen molar-refractivity contribution in [3.05, 3.63) is 70.2 Å². The van der Waals surface area contributed by atoms with Crippen LogP contribution in [0.4, 0.5) is 0 Å². The van der Waals surface area contributed by atoms with E-state index >= 15 is 0 Å². The molecule has 0 atom stereocenters. The molecule has 44 heavy (non-hydrogen) atoms. The Morgan fingerprint density at radius 1 is 0.705 bits per heavy atom. The van der Waals surface area contributed by atoms with Crippen molar-refractivity contribution in [2.75, 3.05) is 49.8 Å². The van der Waals surface area contributed by atoms with Gasteiger partial charge in [-0.1, -0.05) is 12.1 Å². The molecule has 0 spiro atoms. The third kappa shape index (κ3) is 5.10. The summed E-state index contributed by atoms with van der Waals surface area (Å²) in [6.45, 7) is 0.229. The lowest BCUT2D eigenvalue weighted by Crippen LogP contribution is -2.16. The number of aromatic nitrogens is 1. The van der Waals surface area contributed by atoms with Gasteiger partial charge in [0.25, 0.3) is 0 Å². The second kappa shape index (κ2) is 12.5. The molecule has 2 aromatic heterocycles. The van der Waals surface area contributed by atoms with E-state index in [-0.39, 0.29) is 23.3 Å². The maximum atomic E-state index is 13.8. The first-order valence-electron chi connectivity index (χ1n) is 13.6. The van der Waals surface area contributed by atoms with E-state index in [0.29, 0.717) is 62.8 Å². The average Bonchev–Trinajstić information content (AvgIpc) is 3.41. The van der Waals surface area contributed by atoms with Crippen LogP contribution in [0.1, 0.15) is 16.1 Å². The number of hydrogen-bond acceptors (Lipinski definition) is 10. The largest absolute Gasteiger partial charge is 0.493 e. The second-order valence-electron chi connectivity index (χ2n) is 9.69. The summed E-state index contributed by atoms with van der Waals surface area (Å²) in [5, 5.41) is 1.02. The van der Waals surface area contributed by atoms with Crippen LogP contribution in [0, 0.1) is 0 Å². The third-order valence-corrected chi connectivity index (χ3v) is 7.54. The van der Waals surface area contributed by atoms with E-state index in [2.05, 4.69) is 0 Å². The highest BCUT2D eigenvalue weighted by Gasteiger charge is 2.30. The van der Waals surface area contributed by atoms with Crippen molar-refractivity contribution in [3.63, 3.8) is 0 Å². The minimum absolute atomic E-state index is 0.171. The van der Waals surface area contributed by atoms with Gasteiger partial charge in [0, 0.05) is 28.9 Å². The topological polar surface area (TPSA) is 117 Å². The highest BCUT2D eigenvalue weighted by atomic mass is 16.5. The standard InChI is InChI=1S/C33H33NO10/c1-37-21-10-8-18(14-24(21)39-3)12-13-34-30(32(35)43-7)28(19-9-11-22(38-2)25(15-19)40-4)29-20-16-26(41-5)27(42-6)17-23(20)44-33(36)31(29)34/h8-11,14-17H,12-13H2,1-7H3. The summed E-state index contributed by atoms with van der Waals surface area (Å²) in [4.78, 5) is 27.4. The molecule has 11 heteroatoms. The fourth-order valence-electron chi connectivity index (χ4n) is 5.46. The number of nitrogens with zero attached hydrogens (tertiary/aromatic N) is 1. The SMILES string of the molecule is COC(=O)c1c(-c2ccc(OC)c(OC)c2)c2c3cc(OC)c(OC)cc3oc(=O)c2n1CCc1ccc(OC)c(OC)c1. The zero-order valence-corrected chi connectivity index (χ0v) is 25.6. The van der Waals surface area contributed by atoms with E-state index in [1.54, 1.807) is 55.2 Å². The van der Waals surface area contributed by atoms with Gasteiger partial charge in [-0.2, -0.15) is 0 Å². The zero-order valence-electron chi connectivity index (χ0n) is 25.6. The van der Waals surface area contributed by atoms with Gasteiger partial charge in [0.1, 0.15) is 16.8 Å². The molecular weight excluding hydrogens is 570 g/mol. The highest BCUT2D eigenvalue weighted by Crippen LogP contribution is 2.43. The van der Waals surface area contributed by atoms with Gasteiger partial charge in [-0.05, 0) is 47.9 Å². The fraction of sp³-hybridized carbons (Fsp3) is 0.273. The molecule has 0 aliphatic carbocycles. The quantitative estimate of drug-likeness (QED) is 0.142. The summed E-state index contributed by atoms with van der Waals surface area (Å²) < 4.78 is 45.7. The van der Waals surface area contributed by atoms with E-state index in [4.69, 9.17) is 37.6 Å². The number of esters is 1. The summed E-state index contributed by atoms with van der Waals surface area (Å²) in [5.41, 5.74) is 1.94.